The van der Waals surface area contributed by atoms with Crippen molar-refractivity contribution in [3.05, 3.63) is 34.2 Å². The van der Waals surface area contributed by atoms with Crippen molar-refractivity contribution in [2.45, 2.75) is 11.6 Å². The number of hydrogen-bond acceptors (Lipinski definition) is 0. The van der Waals surface area contributed by atoms with E-state index in [1.165, 1.54) is 26.4 Å². The van der Waals surface area contributed by atoms with Crippen LogP contribution >= 0.6 is 15.9 Å². The van der Waals surface area contributed by atoms with Crippen molar-refractivity contribution < 1.29 is 0 Å². The van der Waals surface area contributed by atoms with Gasteiger partial charge in [-0.25, -0.2) is 0 Å². The highest BCUT2D eigenvalue weighted by Crippen LogP contribution is 2.21. The molecule has 0 fully saturated rings. The van der Waals surface area contributed by atoms with Gasteiger partial charge >= 0.3 is 0 Å². The first-order chi connectivity index (χ1) is 8.88. The Balaban J connectivity index is 3.00. The van der Waals surface area contributed by atoms with Crippen molar-refractivity contribution in [3.63, 3.8) is 0 Å². The first-order valence-electron chi connectivity index (χ1n) is 6.95. The second kappa shape index (κ2) is 7.38. The van der Waals surface area contributed by atoms with Gasteiger partial charge in [0, 0.05) is 4.47 Å². The fourth-order valence-electron chi connectivity index (χ4n) is 2.11. The molecule has 0 heterocycles. The maximum Gasteiger partial charge on any atom is 0.139 e. The molecule has 0 saturated heterocycles. The molecule has 1 aromatic carbocycles. The van der Waals surface area contributed by atoms with E-state index >= 15 is 0 Å². The molecule has 0 aliphatic carbocycles. The van der Waals surface area contributed by atoms with E-state index in [1.54, 1.807) is 0 Å². The second-order valence-corrected chi connectivity index (χ2v) is 6.28. The third-order valence-electron chi connectivity index (χ3n) is 4.10. The van der Waals surface area contributed by atoms with Crippen LogP contribution in [0.25, 0.3) is 6.08 Å². The van der Waals surface area contributed by atoms with Crippen LogP contribution in [0, 0.1) is 0 Å². The van der Waals surface area contributed by atoms with Crippen LogP contribution < -0.4 is 16.4 Å². The van der Waals surface area contributed by atoms with Crippen LogP contribution in [0.2, 0.25) is 11.6 Å². The van der Waals surface area contributed by atoms with Crippen molar-refractivity contribution in [3.8, 4) is 0 Å². The maximum absolute atomic E-state index is 3.65. The van der Waals surface area contributed by atoms with Gasteiger partial charge in [0.1, 0.15) is 47.1 Å². The van der Waals surface area contributed by atoms with Gasteiger partial charge in [-0.1, -0.05) is 56.1 Å². The van der Waals surface area contributed by atoms with Gasteiger partial charge < -0.3 is 0 Å². The Kier molecular flexibility index (Phi) is 6.46. The molecule has 0 N–H and O–H groups in total. The molecule has 2 atom stereocenters. The molecule has 0 aromatic heterocycles. The summed E-state index contributed by atoms with van der Waals surface area (Å²) in [5.74, 6) is 3.26. The van der Waals surface area contributed by atoms with E-state index < -0.39 is 0 Å². The molecular weight excluding hydrogens is 289 g/mol. The molecule has 7 heteroatoms. The quantitative estimate of drug-likeness (QED) is 0.501. The minimum Gasteiger partial charge on any atom is -0.128 e. The predicted molar refractivity (Wildman–Crippen MR) is 110 cm³/mol. The monoisotopic (exact) mass is 308 g/mol. The molecule has 0 spiro atoms. The van der Waals surface area contributed by atoms with Gasteiger partial charge in [0.05, 0.1) is 0 Å². The summed E-state index contributed by atoms with van der Waals surface area (Å²) < 4.78 is 1.20. The Bertz CT molecular complexity index is 511. The summed E-state index contributed by atoms with van der Waals surface area (Å²) in [6.07, 6.45) is 6.84. The molecule has 19 heavy (non-hydrogen) atoms. The van der Waals surface area contributed by atoms with Crippen molar-refractivity contribution in [2.24, 2.45) is 0 Å². The predicted octanol–water partition coefficient (Wildman–Crippen LogP) is -3.77. The Morgan fingerprint density at radius 3 is 2.11 bits per heavy atom. The zero-order valence-electron chi connectivity index (χ0n) is 12.9. The topological polar surface area (TPSA) is 0 Å². The first-order valence-corrected chi connectivity index (χ1v) is 7.75. The first kappa shape index (κ1) is 16.6. The van der Waals surface area contributed by atoms with Crippen molar-refractivity contribution in [2.75, 3.05) is 0 Å². The van der Waals surface area contributed by atoms with Crippen LogP contribution in [0.1, 0.15) is 5.56 Å². The Morgan fingerprint density at radius 2 is 1.53 bits per heavy atom. The van der Waals surface area contributed by atoms with Gasteiger partial charge in [0.25, 0.3) is 0 Å². The van der Waals surface area contributed by atoms with E-state index in [4.69, 9.17) is 0 Å². The molecule has 1 aromatic rings. The molecular formula is C12H19B6Br. The lowest BCUT2D eigenvalue weighted by Gasteiger charge is -2.14. The third-order valence-corrected chi connectivity index (χ3v) is 4.93. The van der Waals surface area contributed by atoms with Gasteiger partial charge in [-0.15, -0.1) is 12.1 Å². The summed E-state index contributed by atoms with van der Waals surface area (Å²) in [4.78, 5) is 0. The highest BCUT2D eigenvalue weighted by Gasteiger charge is 2.07. The average molecular weight is 308 g/mol. The maximum atomic E-state index is 3.65. The summed E-state index contributed by atoms with van der Waals surface area (Å²) in [6.45, 7) is 0. The van der Waals surface area contributed by atoms with Crippen LogP contribution in [0.3, 0.4) is 0 Å². The average Bonchev–Trinajstić information content (AvgIpc) is 2.38. The molecule has 0 bridgehead atoms. The molecule has 0 amide bonds. The van der Waals surface area contributed by atoms with Crippen molar-refractivity contribution in [1.82, 2.24) is 0 Å². The zero-order valence-corrected chi connectivity index (χ0v) is 14.5. The van der Waals surface area contributed by atoms with Gasteiger partial charge in [-0.3, -0.25) is 0 Å². The summed E-state index contributed by atoms with van der Waals surface area (Å²) in [7, 11) is 13.2. The number of benzene rings is 1. The lowest BCUT2D eigenvalue weighted by Crippen LogP contribution is -2.41. The number of rotatable bonds is 4. The second-order valence-electron chi connectivity index (χ2n) is 5.43. The normalized spacial score (nSPS) is 15.0. The fourth-order valence-corrected chi connectivity index (χ4v) is 2.66. The van der Waals surface area contributed by atoms with Gasteiger partial charge in [0.15, 0.2) is 0 Å². The molecule has 0 aliphatic heterocycles. The van der Waals surface area contributed by atoms with Crippen molar-refractivity contribution in [1.29, 1.82) is 0 Å². The standard InChI is InChI=1S/C12H19B6Br/c13-4-3-8(15)7(14)2-1-6-5-9(19)11(17)12(18)10(6)16/h1-5,7-8H,13-18H2/b2-1+,4-3+. The lowest BCUT2D eigenvalue weighted by molar-refractivity contribution is 1.04. The molecule has 92 valence electrons. The number of hydrogen-bond donors (Lipinski definition) is 0. The molecule has 0 saturated carbocycles. The molecule has 2 unspecified atom stereocenters. The van der Waals surface area contributed by atoms with Crippen molar-refractivity contribution >= 4 is 85.5 Å². The Labute approximate surface area is 131 Å². The number of allylic oxidation sites excluding steroid dienone is 2. The van der Waals surface area contributed by atoms with E-state index in [-0.39, 0.29) is 0 Å². The van der Waals surface area contributed by atoms with Crippen LogP contribution in [-0.4, -0.2) is 47.1 Å². The molecule has 1 rings (SSSR count). The Morgan fingerprint density at radius 1 is 0.947 bits per heavy atom. The van der Waals surface area contributed by atoms with Gasteiger partial charge in [-0.2, -0.15) is 0 Å². The van der Waals surface area contributed by atoms with Crippen LogP contribution in [-0.2, 0) is 0 Å². The molecule has 0 aliphatic rings. The number of halogens is 1. The van der Waals surface area contributed by atoms with E-state index in [0.29, 0.717) is 11.6 Å². The lowest BCUT2D eigenvalue weighted by atomic mass is 9.65. The van der Waals surface area contributed by atoms with E-state index in [0.717, 1.165) is 0 Å². The van der Waals surface area contributed by atoms with Crippen LogP contribution in [0.5, 0.6) is 0 Å². The molecule has 0 radical (unpaired) electrons. The SMILES string of the molecule is B/C=C/C(B)C(B)/C=C/c1cc(Br)c(B)c(B)c1B. The van der Waals surface area contributed by atoms with Crippen LogP contribution in [0.4, 0.5) is 0 Å². The smallest absolute Gasteiger partial charge is 0.128 e. The highest BCUT2D eigenvalue weighted by molar-refractivity contribution is 9.10. The third kappa shape index (κ3) is 4.27. The molecule has 0 nitrogen and oxygen atoms in total. The fraction of sp³-hybridized carbons (Fsp3) is 0.167. The largest absolute Gasteiger partial charge is 0.139 e. The van der Waals surface area contributed by atoms with Crippen LogP contribution in [0.15, 0.2) is 28.7 Å². The summed E-state index contributed by atoms with van der Waals surface area (Å²) in [5.41, 5.74) is 5.41. The Hall–Kier alpha value is -0.430. The minimum atomic E-state index is 0.552. The summed E-state index contributed by atoms with van der Waals surface area (Å²) in [6, 6.07) is 2.22. The summed E-state index contributed by atoms with van der Waals surface area (Å²) in [5, 5.41) is 0. The van der Waals surface area contributed by atoms with E-state index in [2.05, 4.69) is 93.3 Å². The zero-order chi connectivity index (χ0) is 14.6. The van der Waals surface area contributed by atoms with E-state index in [9.17, 15) is 0 Å². The van der Waals surface area contributed by atoms with Gasteiger partial charge in [0.2, 0.25) is 0 Å². The van der Waals surface area contributed by atoms with Gasteiger partial charge in [-0.05, 0) is 11.6 Å². The minimum absolute atomic E-state index is 0.552. The van der Waals surface area contributed by atoms with E-state index in [1.807, 2.05) is 0 Å². The summed E-state index contributed by atoms with van der Waals surface area (Å²) >= 11 is 3.65. The highest BCUT2D eigenvalue weighted by atomic mass is 79.9.